The van der Waals surface area contributed by atoms with Crippen LogP contribution in [0.25, 0.3) is 0 Å². The Morgan fingerprint density at radius 2 is 1.66 bits per heavy atom. The molecular weight excluding hydrogens is 408 g/mol. The maximum atomic E-state index is 12.5. The normalized spacial score (nSPS) is 21.2. The lowest BCUT2D eigenvalue weighted by atomic mass is 9.91. The predicted octanol–water partition coefficient (Wildman–Crippen LogP) is 3.75. The van der Waals surface area contributed by atoms with Crippen molar-refractivity contribution in [3.05, 3.63) is 24.5 Å². The second-order valence-corrected chi connectivity index (χ2v) is 7.18. The van der Waals surface area contributed by atoms with Gasteiger partial charge in [-0.1, -0.05) is 0 Å². The maximum Gasteiger partial charge on any atom is 0.434 e. The number of aromatic nitrogens is 1. The van der Waals surface area contributed by atoms with Crippen LogP contribution < -0.4 is 5.32 Å². The molecule has 2 fully saturated rings. The minimum atomic E-state index is -5.75. The summed E-state index contributed by atoms with van der Waals surface area (Å²) in [6, 6.07) is 3.23. The second-order valence-electron chi connectivity index (χ2n) is 7.18. The third-order valence-electron chi connectivity index (χ3n) is 5.28. The number of rotatable bonds is 3. The first-order chi connectivity index (χ1) is 13.4. The van der Waals surface area contributed by atoms with E-state index in [1.165, 1.54) is 12.4 Å². The van der Waals surface area contributed by atoms with Crippen molar-refractivity contribution >= 4 is 17.7 Å². The summed E-state index contributed by atoms with van der Waals surface area (Å²) in [4.78, 5) is 28.8. The van der Waals surface area contributed by atoms with Crippen LogP contribution in [0.4, 0.5) is 36.8 Å². The van der Waals surface area contributed by atoms with Crippen molar-refractivity contribution in [3.63, 3.8) is 0 Å². The van der Waals surface area contributed by atoms with Crippen molar-refractivity contribution in [3.8, 4) is 0 Å². The lowest BCUT2D eigenvalue weighted by Crippen LogP contribution is -2.49. The SMILES string of the molecule is O=C(Nc1ccncc1)[C@H]1CC12CCN(C(=O)OC(C(F)(F)F)C(F)(F)F)CC2. The Morgan fingerprint density at radius 1 is 1.10 bits per heavy atom. The van der Waals surface area contributed by atoms with E-state index in [1.54, 1.807) is 12.1 Å². The zero-order chi connectivity index (χ0) is 21.4. The number of nitrogens with zero attached hydrogens (tertiary/aromatic N) is 2. The first kappa shape index (κ1) is 21.2. The van der Waals surface area contributed by atoms with Crippen LogP contribution in [-0.2, 0) is 9.53 Å². The Bertz CT molecular complexity index is 746. The fraction of sp³-hybridized carbons (Fsp3) is 0.588. The summed E-state index contributed by atoms with van der Waals surface area (Å²) in [7, 11) is 0. The van der Waals surface area contributed by atoms with Crippen molar-refractivity contribution in [2.75, 3.05) is 18.4 Å². The van der Waals surface area contributed by atoms with Gasteiger partial charge in [-0.3, -0.25) is 9.78 Å². The number of nitrogens with one attached hydrogen (secondary N) is 1. The van der Waals surface area contributed by atoms with Crippen LogP contribution in [0.2, 0.25) is 0 Å². The Kier molecular flexibility index (Phi) is 5.39. The smallest absolute Gasteiger partial charge is 0.426 e. The fourth-order valence-electron chi connectivity index (χ4n) is 3.56. The van der Waals surface area contributed by atoms with Crippen molar-refractivity contribution in [2.24, 2.45) is 11.3 Å². The Morgan fingerprint density at radius 3 is 2.17 bits per heavy atom. The van der Waals surface area contributed by atoms with Gasteiger partial charge in [0, 0.05) is 37.1 Å². The lowest BCUT2D eigenvalue weighted by Gasteiger charge is -2.33. The number of hydrogen-bond donors (Lipinski definition) is 1. The molecular formula is C17H17F6N3O3. The summed E-state index contributed by atoms with van der Waals surface area (Å²) in [6.45, 7) is -0.166. The molecule has 1 N–H and O–H groups in total. The van der Waals surface area contributed by atoms with Crippen molar-refractivity contribution < 1.29 is 40.7 Å². The van der Waals surface area contributed by atoms with E-state index in [1.807, 2.05) is 0 Å². The predicted molar refractivity (Wildman–Crippen MR) is 86.6 cm³/mol. The van der Waals surface area contributed by atoms with Crippen molar-refractivity contribution in [1.29, 1.82) is 0 Å². The molecule has 160 valence electrons. The van der Waals surface area contributed by atoms with E-state index in [4.69, 9.17) is 0 Å². The number of ether oxygens (including phenoxy) is 1. The number of hydrogen-bond acceptors (Lipinski definition) is 4. The molecule has 2 heterocycles. The topological polar surface area (TPSA) is 71.5 Å². The highest BCUT2D eigenvalue weighted by Gasteiger charge is 2.61. The van der Waals surface area contributed by atoms with Crippen LogP contribution in [0.1, 0.15) is 19.3 Å². The van der Waals surface area contributed by atoms with Gasteiger partial charge in [-0.15, -0.1) is 0 Å². The van der Waals surface area contributed by atoms with E-state index in [2.05, 4.69) is 15.0 Å². The molecule has 1 spiro atoms. The molecule has 1 aromatic rings. The minimum Gasteiger partial charge on any atom is -0.426 e. The van der Waals surface area contributed by atoms with Gasteiger partial charge < -0.3 is 15.0 Å². The molecule has 0 aromatic carbocycles. The maximum absolute atomic E-state index is 12.5. The molecule has 6 nitrogen and oxygen atoms in total. The highest BCUT2D eigenvalue weighted by molar-refractivity contribution is 5.95. The number of piperidine rings is 1. The molecule has 29 heavy (non-hydrogen) atoms. The molecule has 0 bridgehead atoms. The first-order valence-electron chi connectivity index (χ1n) is 8.72. The van der Waals surface area contributed by atoms with E-state index in [9.17, 15) is 35.9 Å². The summed E-state index contributed by atoms with van der Waals surface area (Å²) in [5, 5.41) is 2.73. The van der Waals surface area contributed by atoms with Crippen LogP contribution in [0.3, 0.4) is 0 Å². The summed E-state index contributed by atoms with van der Waals surface area (Å²) in [5.74, 6) is -0.548. The van der Waals surface area contributed by atoms with Crippen LogP contribution in [0, 0.1) is 11.3 Å². The molecule has 1 atom stereocenters. The van der Waals surface area contributed by atoms with Gasteiger partial charge in [0.25, 0.3) is 6.10 Å². The monoisotopic (exact) mass is 425 g/mol. The number of halogens is 6. The number of anilines is 1. The third kappa shape index (κ3) is 4.73. The molecule has 12 heteroatoms. The number of pyridine rings is 1. The van der Waals surface area contributed by atoms with Crippen molar-refractivity contribution in [2.45, 2.75) is 37.7 Å². The first-order valence-corrected chi connectivity index (χ1v) is 8.72. The van der Waals surface area contributed by atoms with Gasteiger partial charge in [-0.25, -0.2) is 4.79 Å². The number of amides is 2. The van der Waals surface area contributed by atoms with Crippen LogP contribution in [0.5, 0.6) is 0 Å². The third-order valence-corrected chi connectivity index (χ3v) is 5.28. The van der Waals surface area contributed by atoms with Gasteiger partial charge in [0.05, 0.1) is 0 Å². The number of alkyl halides is 6. The standard InChI is InChI=1S/C17H17F6N3O3/c18-16(19,20)13(17(21,22)23)29-14(28)26-7-3-15(4-8-26)9-11(15)12(27)25-10-1-5-24-6-2-10/h1-2,5-6,11,13H,3-4,7-9H2,(H,24,25,27)/t11-/m1/s1. The van der Waals surface area contributed by atoms with E-state index in [0.717, 1.165) is 4.90 Å². The highest BCUT2D eigenvalue weighted by Crippen LogP contribution is 2.59. The number of carbonyl (C=O) groups is 2. The van der Waals surface area contributed by atoms with Gasteiger partial charge in [-0.05, 0) is 36.8 Å². The zero-order valence-electron chi connectivity index (χ0n) is 14.9. The Balaban J connectivity index is 1.53. The summed E-state index contributed by atoms with van der Waals surface area (Å²) in [5.41, 5.74) is 0.167. The fourth-order valence-corrected chi connectivity index (χ4v) is 3.56. The molecule has 1 aliphatic carbocycles. The average Bonchev–Trinajstić information content (AvgIpc) is 3.32. The zero-order valence-corrected chi connectivity index (χ0v) is 14.9. The second kappa shape index (κ2) is 7.38. The van der Waals surface area contributed by atoms with E-state index >= 15 is 0 Å². The lowest BCUT2D eigenvalue weighted by molar-refractivity contribution is -0.308. The molecule has 2 amide bonds. The molecule has 3 rings (SSSR count). The largest absolute Gasteiger partial charge is 0.434 e. The summed E-state index contributed by atoms with van der Waals surface area (Å²) < 4.78 is 78.9. The van der Waals surface area contributed by atoms with Crippen LogP contribution in [-0.4, -0.2) is 53.4 Å². The van der Waals surface area contributed by atoms with Gasteiger partial charge in [-0.2, -0.15) is 26.3 Å². The minimum absolute atomic E-state index is 0.0830. The number of carbonyl (C=O) groups excluding carboxylic acids is 2. The summed E-state index contributed by atoms with van der Waals surface area (Å²) in [6.07, 6.45) is -13.2. The molecule has 1 saturated carbocycles. The van der Waals surface area contributed by atoms with Gasteiger partial charge >= 0.3 is 18.4 Å². The molecule has 1 aliphatic heterocycles. The highest BCUT2D eigenvalue weighted by atomic mass is 19.4. The van der Waals surface area contributed by atoms with Crippen LogP contribution >= 0.6 is 0 Å². The Labute approximate surface area is 161 Å². The molecule has 2 aliphatic rings. The molecule has 0 unspecified atom stereocenters. The molecule has 1 saturated heterocycles. The Hall–Kier alpha value is -2.53. The van der Waals surface area contributed by atoms with Gasteiger partial charge in [0.15, 0.2) is 0 Å². The molecule has 0 radical (unpaired) electrons. The van der Waals surface area contributed by atoms with Crippen molar-refractivity contribution in [1.82, 2.24) is 9.88 Å². The van der Waals surface area contributed by atoms with Gasteiger partial charge in [0.2, 0.25) is 5.91 Å². The van der Waals surface area contributed by atoms with E-state index in [-0.39, 0.29) is 24.9 Å². The summed E-state index contributed by atoms with van der Waals surface area (Å²) >= 11 is 0. The number of likely N-dealkylation sites (tertiary alicyclic amines) is 1. The van der Waals surface area contributed by atoms with E-state index < -0.39 is 30.0 Å². The molecule has 1 aromatic heterocycles. The quantitative estimate of drug-likeness (QED) is 0.749. The van der Waals surface area contributed by atoms with Crippen LogP contribution in [0.15, 0.2) is 24.5 Å². The van der Waals surface area contributed by atoms with Gasteiger partial charge in [0.1, 0.15) is 0 Å². The van der Waals surface area contributed by atoms with E-state index in [0.29, 0.717) is 24.9 Å². The average molecular weight is 425 g/mol.